The van der Waals surface area contributed by atoms with Gasteiger partial charge >= 0.3 is 5.69 Å². The largest absolute Gasteiger partial charge is 0.490 e. The molecule has 1 unspecified atom stereocenters. The molecule has 3 aliphatic heterocycles. The van der Waals surface area contributed by atoms with Crippen molar-refractivity contribution in [1.82, 2.24) is 15.1 Å². The van der Waals surface area contributed by atoms with Gasteiger partial charge in [0.2, 0.25) is 11.8 Å². The lowest BCUT2D eigenvalue weighted by Crippen LogP contribution is -2.52. The maximum absolute atomic E-state index is 13.1. The standard InChI is InChI=1S/C31H30N4O7/c1-42-26-15-21(7-8-24(26)35(40)41)29(38)33-13-11-31(12-14-33)16-19(17-31)5-6-20-3-2-4-22-23(20)18-34(30(22)39)25-9-10-27(36)32-28(25)37/h2-4,7-8,15,19,25H,9-14,16-18H2,1H3,(H,32,36,37). The fourth-order valence-electron chi connectivity index (χ4n) is 6.71. The van der Waals surface area contributed by atoms with Crippen molar-refractivity contribution in [2.45, 2.75) is 51.1 Å². The van der Waals surface area contributed by atoms with E-state index in [1.54, 1.807) is 11.0 Å². The fraction of sp³-hybridized carbons (Fsp3) is 0.419. The molecule has 11 nitrogen and oxygen atoms in total. The Kier molecular flexibility index (Phi) is 6.93. The number of fused-ring (bicyclic) bond motifs is 1. The predicted octanol–water partition coefficient (Wildman–Crippen LogP) is 3.05. The van der Waals surface area contributed by atoms with E-state index in [0.717, 1.165) is 36.8 Å². The summed E-state index contributed by atoms with van der Waals surface area (Å²) in [4.78, 5) is 64.0. The second-order valence-electron chi connectivity index (χ2n) is 11.5. The number of benzene rings is 2. The minimum atomic E-state index is -0.657. The highest BCUT2D eigenvalue weighted by molar-refractivity contribution is 6.05. The molecular formula is C31H30N4O7. The van der Waals surface area contributed by atoms with Crippen LogP contribution in [0.15, 0.2) is 36.4 Å². The zero-order valence-electron chi connectivity index (χ0n) is 23.2. The van der Waals surface area contributed by atoms with Crippen LogP contribution in [-0.2, 0) is 16.1 Å². The van der Waals surface area contributed by atoms with Gasteiger partial charge in [0, 0.05) is 60.8 Å². The molecule has 1 N–H and O–H groups in total. The maximum atomic E-state index is 13.1. The molecule has 11 heteroatoms. The lowest BCUT2D eigenvalue weighted by Gasteiger charge is -2.50. The zero-order chi connectivity index (χ0) is 29.6. The lowest BCUT2D eigenvalue weighted by molar-refractivity contribution is -0.385. The molecule has 3 heterocycles. The van der Waals surface area contributed by atoms with Gasteiger partial charge in [-0.3, -0.25) is 34.6 Å². The number of carbonyl (C=O) groups excluding carboxylic acids is 4. The van der Waals surface area contributed by atoms with Crippen LogP contribution in [0.2, 0.25) is 0 Å². The van der Waals surface area contributed by atoms with Crippen LogP contribution in [0.5, 0.6) is 5.75 Å². The number of methoxy groups -OCH3 is 1. The fourth-order valence-corrected chi connectivity index (χ4v) is 6.71. The quantitative estimate of drug-likeness (QED) is 0.258. The summed E-state index contributed by atoms with van der Waals surface area (Å²) < 4.78 is 5.11. The van der Waals surface area contributed by atoms with Gasteiger partial charge < -0.3 is 14.5 Å². The first-order chi connectivity index (χ1) is 20.2. The van der Waals surface area contributed by atoms with Crippen molar-refractivity contribution in [3.05, 3.63) is 68.8 Å². The monoisotopic (exact) mass is 570 g/mol. The van der Waals surface area contributed by atoms with Gasteiger partial charge in [0.25, 0.3) is 11.8 Å². The molecule has 1 aliphatic carbocycles. The van der Waals surface area contributed by atoms with Gasteiger partial charge in [0.15, 0.2) is 5.75 Å². The van der Waals surface area contributed by atoms with Crippen molar-refractivity contribution in [3.63, 3.8) is 0 Å². The highest BCUT2D eigenvalue weighted by atomic mass is 16.6. The van der Waals surface area contributed by atoms with Crippen LogP contribution in [-0.4, -0.2) is 64.6 Å². The first-order valence-corrected chi connectivity index (χ1v) is 14.1. The van der Waals surface area contributed by atoms with Crippen LogP contribution < -0.4 is 10.1 Å². The van der Waals surface area contributed by atoms with Gasteiger partial charge in [0.05, 0.1) is 12.0 Å². The Bertz CT molecular complexity index is 1570. The van der Waals surface area contributed by atoms with E-state index in [0.29, 0.717) is 37.2 Å². The van der Waals surface area contributed by atoms with Crippen LogP contribution in [0, 0.1) is 33.3 Å². The van der Waals surface area contributed by atoms with Gasteiger partial charge in [-0.25, -0.2) is 0 Å². The Hall–Kier alpha value is -4.72. The van der Waals surface area contributed by atoms with E-state index >= 15 is 0 Å². The van der Waals surface area contributed by atoms with Crippen LogP contribution in [0.4, 0.5) is 5.69 Å². The minimum Gasteiger partial charge on any atom is -0.490 e. The van der Waals surface area contributed by atoms with Crippen molar-refractivity contribution in [3.8, 4) is 17.6 Å². The van der Waals surface area contributed by atoms with E-state index in [-0.39, 0.29) is 46.9 Å². The summed E-state index contributed by atoms with van der Waals surface area (Å²) in [5.74, 6) is 5.87. The summed E-state index contributed by atoms with van der Waals surface area (Å²) in [5.41, 5.74) is 2.52. The molecule has 216 valence electrons. The van der Waals surface area contributed by atoms with Gasteiger partial charge in [-0.1, -0.05) is 17.9 Å². The Labute approximate surface area is 242 Å². The number of nitro groups is 1. The number of amides is 4. The van der Waals surface area contributed by atoms with E-state index in [2.05, 4.69) is 17.2 Å². The molecule has 42 heavy (non-hydrogen) atoms. The molecule has 0 radical (unpaired) electrons. The molecule has 0 aromatic heterocycles. The van der Waals surface area contributed by atoms with Gasteiger partial charge in [0.1, 0.15) is 6.04 Å². The third-order valence-electron chi connectivity index (χ3n) is 9.09. The number of hydrogen-bond donors (Lipinski definition) is 1. The third-order valence-corrected chi connectivity index (χ3v) is 9.09. The Morgan fingerprint density at radius 2 is 1.90 bits per heavy atom. The number of imide groups is 1. The molecule has 2 aromatic rings. The number of likely N-dealkylation sites (tertiary alicyclic amines) is 1. The van der Waals surface area contributed by atoms with Gasteiger partial charge in [-0.15, -0.1) is 0 Å². The summed E-state index contributed by atoms with van der Waals surface area (Å²) in [6, 6.07) is 9.02. The van der Waals surface area contributed by atoms with Crippen LogP contribution in [0.25, 0.3) is 0 Å². The van der Waals surface area contributed by atoms with Crippen molar-refractivity contribution >= 4 is 29.3 Å². The second kappa shape index (κ2) is 10.6. The molecule has 4 aliphatic rings. The highest BCUT2D eigenvalue weighted by Gasteiger charge is 2.46. The summed E-state index contributed by atoms with van der Waals surface area (Å²) in [6.07, 6.45) is 4.17. The SMILES string of the molecule is COc1cc(C(=O)N2CCC3(CC2)CC(C#Cc2cccc4c2CN(C2CCC(=O)NC2=O)C4=O)C3)ccc1[N+](=O)[O-]. The Morgan fingerprint density at radius 1 is 1.14 bits per heavy atom. The first kappa shape index (κ1) is 27.4. The summed E-state index contributed by atoms with van der Waals surface area (Å²) >= 11 is 0. The molecule has 1 spiro atoms. The molecule has 4 amide bonds. The molecule has 6 rings (SSSR count). The summed E-state index contributed by atoms with van der Waals surface area (Å²) in [6.45, 7) is 1.52. The number of piperidine rings is 2. The number of carbonyl (C=O) groups is 4. The van der Waals surface area contributed by atoms with E-state index in [1.165, 1.54) is 30.2 Å². The predicted molar refractivity (Wildman–Crippen MR) is 149 cm³/mol. The summed E-state index contributed by atoms with van der Waals surface area (Å²) in [5, 5.41) is 13.5. The second-order valence-corrected chi connectivity index (χ2v) is 11.5. The Morgan fingerprint density at radius 3 is 2.60 bits per heavy atom. The number of nitrogens with one attached hydrogen (secondary N) is 1. The van der Waals surface area contributed by atoms with Crippen molar-refractivity contribution < 1.29 is 28.8 Å². The molecule has 1 atom stereocenters. The van der Waals surface area contributed by atoms with Crippen molar-refractivity contribution in [2.24, 2.45) is 11.3 Å². The van der Waals surface area contributed by atoms with Crippen LogP contribution in [0.1, 0.15) is 70.4 Å². The maximum Gasteiger partial charge on any atom is 0.310 e. The van der Waals surface area contributed by atoms with E-state index in [9.17, 15) is 29.3 Å². The molecular weight excluding hydrogens is 540 g/mol. The van der Waals surface area contributed by atoms with Gasteiger partial charge in [-0.2, -0.15) is 0 Å². The van der Waals surface area contributed by atoms with E-state index < -0.39 is 16.9 Å². The number of nitrogens with zero attached hydrogens (tertiary/aromatic N) is 3. The number of hydrogen-bond acceptors (Lipinski definition) is 7. The zero-order valence-corrected chi connectivity index (χ0v) is 23.2. The number of nitro benzene ring substituents is 1. The smallest absolute Gasteiger partial charge is 0.310 e. The average molecular weight is 571 g/mol. The highest BCUT2D eigenvalue weighted by Crippen LogP contribution is 2.52. The first-order valence-electron chi connectivity index (χ1n) is 14.1. The Balaban J connectivity index is 1.06. The number of ether oxygens (including phenoxy) is 1. The topological polar surface area (TPSA) is 139 Å². The molecule has 3 fully saturated rings. The molecule has 1 saturated carbocycles. The van der Waals surface area contributed by atoms with Crippen molar-refractivity contribution in [1.29, 1.82) is 0 Å². The minimum absolute atomic E-state index is 0.0665. The van der Waals surface area contributed by atoms with E-state index in [4.69, 9.17) is 4.74 Å². The van der Waals surface area contributed by atoms with E-state index in [1.807, 2.05) is 12.1 Å². The number of rotatable bonds is 4. The third kappa shape index (κ3) is 4.87. The normalized spacial score (nSPS) is 21.3. The average Bonchev–Trinajstić information content (AvgIpc) is 3.30. The summed E-state index contributed by atoms with van der Waals surface area (Å²) in [7, 11) is 1.35. The van der Waals surface area contributed by atoms with Crippen molar-refractivity contribution in [2.75, 3.05) is 20.2 Å². The molecule has 0 bridgehead atoms. The van der Waals surface area contributed by atoms with Gasteiger partial charge in [-0.05, 0) is 61.3 Å². The van der Waals surface area contributed by atoms with Crippen LogP contribution >= 0.6 is 0 Å². The van der Waals surface area contributed by atoms with Crippen LogP contribution in [0.3, 0.4) is 0 Å². The molecule has 2 saturated heterocycles. The lowest BCUT2D eigenvalue weighted by atomic mass is 9.58. The molecule has 2 aromatic carbocycles.